The lowest BCUT2D eigenvalue weighted by atomic mass is 9.83. The lowest BCUT2D eigenvalue weighted by Crippen LogP contribution is -2.32. The highest BCUT2D eigenvalue weighted by atomic mass is 35.5. The van der Waals surface area contributed by atoms with Crippen molar-refractivity contribution in [2.24, 2.45) is 5.73 Å². The van der Waals surface area contributed by atoms with Crippen LogP contribution in [0.4, 0.5) is 0 Å². The zero-order valence-corrected chi connectivity index (χ0v) is 17.2. The summed E-state index contributed by atoms with van der Waals surface area (Å²) in [6, 6.07) is 4.87. The fraction of sp³-hybridized carbons (Fsp3) is 0.300. The van der Waals surface area contributed by atoms with E-state index in [1.807, 2.05) is 0 Å². The lowest BCUT2D eigenvalue weighted by molar-refractivity contribution is -0.139. The molecule has 0 saturated heterocycles. The first-order chi connectivity index (χ1) is 13.8. The van der Waals surface area contributed by atoms with E-state index in [1.165, 1.54) is 14.2 Å². The summed E-state index contributed by atoms with van der Waals surface area (Å²) < 4.78 is 21.4. The molecule has 1 aromatic carbocycles. The average Bonchev–Trinajstić information content (AvgIpc) is 2.65. The molecular formula is C20H21ClN2O6. The fourth-order valence-corrected chi connectivity index (χ4v) is 3.65. The molecule has 154 valence electrons. The number of hydrogen-bond acceptors (Lipinski definition) is 7. The zero-order chi connectivity index (χ0) is 21.3. The number of aromatic amines is 1. The van der Waals surface area contributed by atoms with Gasteiger partial charge in [0.1, 0.15) is 11.3 Å². The van der Waals surface area contributed by atoms with Crippen LogP contribution in [0, 0.1) is 6.92 Å². The van der Waals surface area contributed by atoms with Crippen molar-refractivity contribution in [3.05, 3.63) is 61.9 Å². The second kappa shape index (κ2) is 8.08. The molecule has 0 aliphatic carbocycles. The molecule has 0 bridgehead atoms. The van der Waals surface area contributed by atoms with Crippen molar-refractivity contribution in [2.45, 2.75) is 19.8 Å². The van der Waals surface area contributed by atoms with E-state index >= 15 is 0 Å². The van der Waals surface area contributed by atoms with Crippen LogP contribution in [0.25, 0.3) is 0 Å². The quantitative estimate of drug-likeness (QED) is 0.715. The molecule has 1 aliphatic heterocycles. The monoisotopic (exact) mass is 420 g/mol. The van der Waals surface area contributed by atoms with E-state index in [4.69, 9.17) is 36.3 Å². The minimum atomic E-state index is -0.876. The van der Waals surface area contributed by atoms with Gasteiger partial charge in [0, 0.05) is 11.8 Å². The van der Waals surface area contributed by atoms with Crippen LogP contribution in [-0.4, -0.2) is 31.8 Å². The van der Waals surface area contributed by atoms with Crippen molar-refractivity contribution in [3.63, 3.8) is 0 Å². The third-order valence-electron chi connectivity index (χ3n) is 4.52. The number of methoxy groups -OCH3 is 2. The summed E-state index contributed by atoms with van der Waals surface area (Å²) in [5, 5.41) is 0.250. The van der Waals surface area contributed by atoms with Crippen LogP contribution in [0.1, 0.15) is 29.7 Å². The molecule has 0 spiro atoms. The maximum atomic E-state index is 12.8. The summed E-state index contributed by atoms with van der Waals surface area (Å²) in [5.74, 6) is -0.776. The molecule has 1 aliphatic rings. The number of pyridine rings is 1. The third kappa shape index (κ3) is 3.63. The smallest absolute Gasteiger partial charge is 0.340 e. The number of aromatic nitrogens is 1. The number of hydrogen-bond donors (Lipinski definition) is 2. The Labute approximate surface area is 172 Å². The van der Waals surface area contributed by atoms with E-state index < -0.39 is 17.4 Å². The zero-order valence-electron chi connectivity index (χ0n) is 16.4. The largest absolute Gasteiger partial charge is 0.493 e. The number of esters is 1. The van der Waals surface area contributed by atoms with Gasteiger partial charge >= 0.3 is 5.97 Å². The van der Waals surface area contributed by atoms with Crippen LogP contribution in [0.5, 0.6) is 17.2 Å². The van der Waals surface area contributed by atoms with Gasteiger partial charge in [-0.1, -0.05) is 11.6 Å². The summed E-state index contributed by atoms with van der Waals surface area (Å²) in [4.78, 5) is 28.3. The first-order valence-corrected chi connectivity index (χ1v) is 9.19. The summed E-state index contributed by atoms with van der Waals surface area (Å²) in [6.07, 6.45) is 0. The van der Waals surface area contributed by atoms with E-state index in [9.17, 15) is 9.59 Å². The van der Waals surface area contributed by atoms with Crippen molar-refractivity contribution < 1.29 is 23.7 Å². The van der Waals surface area contributed by atoms with E-state index in [0.29, 0.717) is 22.8 Å². The van der Waals surface area contributed by atoms with E-state index in [-0.39, 0.29) is 34.4 Å². The Morgan fingerprint density at radius 3 is 2.62 bits per heavy atom. The molecule has 0 saturated carbocycles. The lowest BCUT2D eigenvalue weighted by Gasteiger charge is -2.28. The Balaban J connectivity index is 2.32. The molecule has 29 heavy (non-hydrogen) atoms. The van der Waals surface area contributed by atoms with Crippen LogP contribution < -0.4 is 25.5 Å². The normalized spacial score (nSPS) is 15.4. The van der Waals surface area contributed by atoms with Gasteiger partial charge in [-0.3, -0.25) is 4.79 Å². The Morgan fingerprint density at radius 1 is 1.28 bits per heavy atom. The molecule has 1 unspecified atom stereocenters. The van der Waals surface area contributed by atoms with Crippen LogP contribution in [-0.2, 0) is 9.53 Å². The van der Waals surface area contributed by atoms with Gasteiger partial charge in [0.2, 0.25) is 5.88 Å². The van der Waals surface area contributed by atoms with Gasteiger partial charge in [0.25, 0.3) is 5.56 Å². The van der Waals surface area contributed by atoms with Gasteiger partial charge in [0.15, 0.2) is 11.5 Å². The number of aryl methyl sites for hydroxylation is 1. The van der Waals surface area contributed by atoms with Gasteiger partial charge in [-0.15, -0.1) is 0 Å². The minimum Gasteiger partial charge on any atom is -0.493 e. The SMILES string of the molecule is CCOC(=O)C1=C(N)Oc2cc(C)[nH]c(=O)c2C1c1cc(Cl)c(OC)c(OC)c1. The predicted molar refractivity (Wildman–Crippen MR) is 107 cm³/mol. The number of carbonyl (C=O) groups excluding carboxylic acids is 1. The second-order valence-electron chi connectivity index (χ2n) is 6.33. The van der Waals surface area contributed by atoms with E-state index in [2.05, 4.69) is 4.98 Å². The minimum absolute atomic E-state index is 0.0111. The molecule has 2 heterocycles. The maximum absolute atomic E-state index is 12.8. The number of fused-ring (bicyclic) bond motifs is 1. The summed E-state index contributed by atoms with van der Waals surface area (Å²) >= 11 is 6.36. The predicted octanol–water partition coefficient (Wildman–Crippen LogP) is 2.61. The molecule has 8 nitrogen and oxygen atoms in total. The number of carbonyl (C=O) groups is 1. The molecule has 0 amide bonds. The summed E-state index contributed by atoms with van der Waals surface area (Å²) in [7, 11) is 2.92. The van der Waals surface area contributed by atoms with Crippen LogP contribution in [0.2, 0.25) is 5.02 Å². The van der Waals surface area contributed by atoms with Crippen LogP contribution in [0.3, 0.4) is 0 Å². The Hall–Kier alpha value is -3.13. The Kier molecular flexibility index (Phi) is 5.74. The van der Waals surface area contributed by atoms with Crippen molar-refractivity contribution in [1.29, 1.82) is 0 Å². The highest BCUT2D eigenvalue weighted by Gasteiger charge is 2.38. The van der Waals surface area contributed by atoms with Gasteiger partial charge in [0.05, 0.1) is 37.3 Å². The molecule has 9 heteroatoms. The molecule has 3 rings (SSSR count). The number of halogens is 1. The first-order valence-electron chi connectivity index (χ1n) is 8.82. The van der Waals surface area contributed by atoms with Gasteiger partial charge in [-0.2, -0.15) is 0 Å². The third-order valence-corrected chi connectivity index (χ3v) is 4.80. The number of benzene rings is 1. The summed E-state index contributed by atoms with van der Waals surface area (Å²) in [6.45, 7) is 3.52. The number of H-pyrrole nitrogens is 1. The van der Waals surface area contributed by atoms with Gasteiger partial charge in [-0.05, 0) is 31.5 Å². The topological polar surface area (TPSA) is 113 Å². The molecule has 2 aromatic rings. The van der Waals surface area contributed by atoms with Crippen LogP contribution >= 0.6 is 11.6 Å². The van der Waals surface area contributed by atoms with E-state index in [0.717, 1.165) is 0 Å². The molecule has 3 N–H and O–H groups in total. The maximum Gasteiger partial charge on any atom is 0.340 e. The standard InChI is InChI=1S/C20H21ClN2O6/c1-5-28-20(25)16-14(10-7-11(21)17(27-4)13(8-10)26-3)15-12(29-18(16)22)6-9(2)23-19(15)24/h6-8,14H,5,22H2,1-4H3,(H,23,24). The first kappa shape index (κ1) is 20.6. The van der Waals surface area contributed by atoms with Crippen LogP contribution in [0.15, 0.2) is 34.4 Å². The molecule has 0 fully saturated rings. The highest BCUT2D eigenvalue weighted by Crippen LogP contribution is 2.45. The number of rotatable bonds is 5. The average molecular weight is 421 g/mol. The summed E-state index contributed by atoms with van der Waals surface area (Å²) in [5.41, 5.74) is 6.98. The molecule has 0 radical (unpaired) electrons. The molecule has 1 atom stereocenters. The van der Waals surface area contributed by atoms with Crippen molar-refractivity contribution in [3.8, 4) is 17.2 Å². The molecule has 1 aromatic heterocycles. The number of nitrogens with two attached hydrogens (primary N) is 1. The van der Waals surface area contributed by atoms with E-state index in [1.54, 1.807) is 32.0 Å². The van der Waals surface area contributed by atoms with Crippen molar-refractivity contribution >= 4 is 17.6 Å². The Bertz CT molecular complexity index is 1060. The van der Waals surface area contributed by atoms with Crippen molar-refractivity contribution in [2.75, 3.05) is 20.8 Å². The van der Waals surface area contributed by atoms with Gasteiger partial charge in [-0.25, -0.2) is 4.79 Å². The van der Waals surface area contributed by atoms with Crippen molar-refractivity contribution in [1.82, 2.24) is 4.98 Å². The highest BCUT2D eigenvalue weighted by molar-refractivity contribution is 6.32. The second-order valence-corrected chi connectivity index (χ2v) is 6.74. The molecular weight excluding hydrogens is 400 g/mol. The Morgan fingerprint density at radius 2 is 2.00 bits per heavy atom. The number of ether oxygens (including phenoxy) is 4. The fourth-order valence-electron chi connectivity index (χ4n) is 3.35. The van der Waals surface area contributed by atoms with Gasteiger partial charge < -0.3 is 29.7 Å². The number of nitrogens with one attached hydrogen (secondary N) is 1.